The molecule has 218 valence electrons. The number of benzene rings is 2. The summed E-state index contributed by atoms with van der Waals surface area (Å²) in [5.41, 5.74) is 0.621. The second-order valence-corrected chi connectivity index (χ2v) is 12.3. The number of esters is 2. The van der Waals surface area contributed by atoms with Gasteiger partial charge in [-0.1, -0.05) is 19.1 Å². The summed E-state index contributed by atoms with van der Waals surface area (Å²) < 4.78 is 65.8. The number of carbonyl (C=O) groups excluding carboxylic acids is 3. The highest BCUT2D eigenvalue weighted by atomic mass is 32.2. The topological polar surface area (TPSA) is 128 Å². The number of hydrogen-bond donors (Lipinski definition) is 2. The van der Waals surface area contributed by atoms with Gasteiger partial charge in [0.25, 0.3) is 15.9 Å². The lowest BCUT2D eigenvalue weighted by Gasteiger charge is -2.18. The van der Waals surface area contributed by atoms with Crippen LogP contribution in [0.2, 0.25) is 0 Å². The lowest BCUT2D eigenvalue weighted by atomic mass is 9.88. The van der Waals surface area contributed by atoms with E-state index in [2.05, 4.69) is 17.0 Å². The van der Waals surface area contributed by atoms with Gasteiger partial charge in [0.15, 0.2) is 6.10 Å². The van der Waals surface area contributed by atoms with Gasteiger partial charge in [0.1, 0.15) is 21.5 Å². The molecule has 41 heavy (non-hydrogen) atoms. The Morgan fingerprint density at radius 3 is 2.59 bits per heavy atom. The van der Waals surface area contributed by atoms with Crippen molar-refractivity contribution in [1.82, 2.24) is 0 Å². The number of halogens is 2. The Balaban J connectivity index is 1.52. The Hall–Kier alpha value is -3.84. The Morgan fingerprint density at radius 1 is 1.12 bits per heavy atom. The predicted molar refractivity (Wildman–Crippen MR) is 149 cm³/mol. The first-order valence-corrected chi connectivity index (χ1v) is 15.1. The molecule has 1 aromatic heterocycles. The van der Waals surface area contributed by atoms with Crippen molar-refractivity contribution in [2.24, 2.45) is 5.92 Å². The molecule has 1 heterocycles. The first-order valence-electron chi connectivity index (χ1n) is 12.8. The fourth-order valence-corrected chi connectivity index (χ4v) is 6.95. The van der Waals surface area contributed by atoms with E-state index < -0.39 is 50.5 Å². The van der Waals surface area contributed by atoms with Crippen LogP contribution in [0.5, 0.6) is 0 Å². The summed E-state index contributed by atoms with van der Waals surface area (Å²) in [6, 6.07) is 7.29. The number of hydrogen-bond acceptors (Lipinski definition) is 8. The third-order valence-corrected chi connectivity index (χ3v) is 9.01. The number of para-hydroxylation sites is 1. The normalized spacial score (nSPS) is 15.4. The smallest absolute Gasteiger partial charge is 0.341 e. The SMILES string of the molecule is CCOC(=O)c1c(NC(=O)[C@@H](C)OC(=O)c2ccccc2NS(=O)(=O)c2cc(F)ccc2F)sc2c1CC[C@H](C)C2. The Labute approximate surface area is 239 Å². The van der Waals surface area contributed by atoms with Crippen LogP contribution in [0.25, 0.3) is 0 Å². The quantitative estimate of drug-likeness (QED) is 0.316. The van der Waals surface area contributed by atoms with Crippen molar-refractivity contribution in [3.05, 3.63) is 75.7 Å². The molecule has 2 atom stereocenters. The van der Waals surface area contributed by atoms with Crippen LogP contribution in [0.1, 0.15) is 58.3 Å². The van der Waals surface area contributed by atoms with Crippen molar-refractivity contribution in [3.8, 4) is 0 Å². The van der Waals surface area contributed by atoms with E-state index >= 15 is 0 Å². The number of amides is 1. The van der Waals surface area contributed by atoms with Gasteiger partial charge in [0, 0.05) is 4.88 Å². The second kappa shape index (κ2) is 12.4. The number of fused-ring (bicyclic) bond motifs is 1. The van der Waals surface area contributed by atoms with E-state index in [1.54, 1.807) is 6.92 Å². The van der Waals surface area contributed by atoms with E-state index in [0.29, 0.717) is 35.0 Å². The summed E-state index contributed by atoms with van der Waals surface area (Å²) in [5.74, 6) is -4.03. The highest BCUT2D eigenvalue weighted by Crippen LogP contribution is 2.40. The fraction of sp³-hybridized carbons (Fsp3) is 0.321. The number of nitrogens with one attached hydrogen (secondary N) is 2. The average Bonchev–Trinajstić information content (AvgIpc) is 3.26. The second-order valence-electron chi connectivity index (χ2n) is 9.54. The minimum Gasteiger partial charge on any atom is -0.462 e. The predicted octanol–water partition coefficient (Wildman–Crippen LogP) is 5.31. The molecule has 4 rings (SSSR count). The van der Waals surface area contributed by atoms with Crippen LogP contribution in [0.3, 0.4) is 0 Å². The Morgan fingerprint density at radius 2 is 1.85 bits per heavy atom. The summed E-state index contributed by atoms with van der Waals surface area (Å²) in [7, 11) is -4.63. The monoisotopic (exact) mass is 606 g/mol. The molecule has 0 unspecified atom stereocenters. The van der Waals surface area contributed by atoms with Crippen LogP contribution in [0.15, 0.2) is 47.4 Å². The minimum atomic E-state index is -4.63. The van der Waals surface area contributed by atoms with Gasteiger partial charge in [0.2, 0.25) is 0 Å². The Kier molecular flexibility index (Phi) is 9.08. The highest BCUT2D eigenvalue weighted by molar-refractivity contribution is 7.92. The zero-order valence-corrected chi connectivity index (χ0v) is 24.1. The van der Waals surface area contributed by atoms with Crippen molar-refractivity contribution < 1.29 is 41.1 Å². The van der Waals surface area contributed by atoms with E-state index in [0.717, 1.165) is 29.3 Å². The molecule has 0 aliphatic heterocycles. The van der Waals surface area contributed by atoms with Gasteiger partial charge in [0.05, 0.1) is 23.4 Å². The zero-order chi connectivity index (χ0) is 29.9. The summed E-state index contributed by atoms with van der Waals surface area (Å²) in [4.78, 5) is 38.8. The summed E-state index contributed by atoms with van der Waals surface area (Å²) in [6.45, 7) is 5.28. The van der Waals surface area contributed by atoms with Crippen LogP contribution in [0, 0.1) is 17.6 Å². The van der Waals surface area contributed by atoms with Gasteiger partial charge in [-0.3, -0.25) is 9.52 Å². The Bertz CT molecular complexity index is 1600. The zero-order valence-electron chi connectivity index (χ0n) is 22.5. The summed E-state index contributed by atoms with van der Waals surface area (Å²) in [6.07, 6.45) is 0.986. The molecule has 0 saturated carbocycles. The molecule has 0 saturated heterocycles. The minimum absolute atomic E-state index is 0.163. The van der Waals surface area contributed by atoms with Crippen molar-refractivity contribution in [2.45, 2.75) is 51.0 Å². The number of carbonyl (C=O) groups is 3. The van der Waals surface area contributed by atoms with Crippen LogP contribution in [-0.4, -0.2) is 39.0 Å². The number of sulfonamides is 1. The van der Waals surface area contributed by atoms with Crippen LogP contribution in [-0.2, 0) is 37.1 Å². The highest BCUT2D eigenvalue weighted by Gasteiger charge is 2.31. The maximum absolute atomic E-state index is 14.1. The first kappa shape index (κ1) is 30.1. The largest absolute Gasteiger partial charge is 0.462 e. The molecule has 2 N–H and O–H groups in total. The molecule has 0 fully saturated rings. The van der Waals surface area contributed by atoms with E-state index in [-0.39, 0.29) is 17.9 Å². The van der Waals surface area contributed by atoms with Gasteiger partial charge in [-0.2, -0.15) is 0 Å². The molecule has 13 heteroatoms. The number of rotatable bonds is 9. The molecular weight excluding hydrogens is 578 g/mol. The maximum Gasteiger partial charge on any atom is 0.341 e. The fourth-order valence-electron chi connectivity index (χ4n) is 4.38. The molecule has 3 aromatic rings. The number of anilines is 2. The standard InChI is InChI=1S/C28H28F2N2O7S2/c1-4-38-28(35)24-19-11-9-15(2)13-22(19)40-26(24)31-25(33)16(3)39-27(34)18-7-5-6-8-21(18)32-41(36,37)23-14-17(29)10-12-20(23)30/h5-8,10,12,14-16,32H,4,9,11,13H2,1-3H3,(H,31,33)/t15-,16+/m0/s1. The molecular formula is C28H28F2N2O7S2. The lowest BCUT2D eigenvalue weighted by molar-refractivity contribution is -0.123. The third kappa shape index (κ3) is 6.73. The van der Waals surface area contributed by atoms with Crippen LogP contribution >= 0.6 is 11.3 Å². The van der Waals surface area contributed by atoms with Gasteiger partial charge in [-0.05, 0) is 74.9 Å². The van der Waals surface area contributed by atoms with E-state index in [4.69, 9.17) is 9.47 Å². The van der Waals surface area contributed by atoms with Gasteiger partial charge < -0.3 is 14.8 Å². The lowest BCUT2D eigenvalue weighted by Crippen LogP contribution is -2.30. The summed E-state index contributed by atoms with van der Waals surface area (Å²) in [5, 5.41) is 2.98. The molecule has 0 spiro atoms. The molecule has 1 aliphatic rings. The van der Waals surface area contributed by atoms with Gasteiger partial charge in [-0.25, -0.2) is 26.8 Å². The third-order valence-electron chi connectivity index (χ3n) is 6.46. The van der Waals surface area contributed by atoms with Gasteiger partial charge >= 0.3 is 11.9 Å². The molecule has 0 bridgehead atoms. The van der Waals surface area contributed by atoms with Crippen molar-refractivity contribution in [2.75, 3.05) is 16.6 Å². The van der Waals surface area contributed by atoms with E-state index in [9.17, 15) is 31.6 Å². The van der Waals surface area contributed by atoms with Crippen molar-refractivity contribution in [1.29, 1.82) is 0 Å². The number of ether oxygens (including phenoxy) is 2. The molecule has 1 amide bonds. The van der Waals surface area contributed by atoms with E-state index in [1.165, 1.54) is 42.5 Å². The molecule has 9 nitrogen and oxygen atoms in total. The molecule has 0 radical (unpaired) electrons. The van der Waals surface area contributed by atoms with Gasteiger partial charge in [-0.15, -0.1) is 11.3 Å². The van der Waals surface area contributed by atoms with E-state index in [1.807, 2.05) is 0 Å². The summed E-state index contributed by atoms with van der Waals surface area (Å²) >= 11 is 1.28. The maximum atomic E-state index is 14.1. The first-order chi connectivity index (χ1) is 19.4. The van der Waals surface area contributed by atoms with Crippen molar-refractivity contribution >= 4 is 49.9 Å². The molecule has 2 aromatic carbocycles. The van der Waals surface area contributed by atoms with Crippen LogP contribution in [0.4, 0.5) is 19.5 Å². The average molecular weight is 607 g/mol. The van der Waals surface area contributed by atoms with Crippen LogP contribution < -0.4 is 10.0 Å². The molecule has 1 aliphatic carbocycles. The number of thiophene rings is 1. The van der Waals surface area contributed by atoms with Crippen molar-refractivity contribution in [3.63, 3.8) is 0 Å².